The molecule has 0 aromatic heterocycles. The van der Waals surface area contributed by atoms with Gasteiger partial charge in [-0.1, -0.05) is 35.9 Å². The molecule has 2 rings (SSSR count). The van der Waals surface area contributed by atoms with E-state index in [-0.39, 0.29) is 6.04 Å². The first-order valence-corrected chi connectivity index (χ1v) is 6.45. The third-order valence-corrected chi connectivity index (χ3v) is 3.70. The number of nitrogens with two attached hydrogens (primary N) is 1. The highest BCUT2D eigenvalue weighted by atomic mass is 35.5. The van der Waals surface area contributed by atoms with E-state index in [1.807, 2.05) is 24.3 Å². The van der Waals surface area contributed by atoms with Crippen LogP contribution >= 0.6 is 11.6 Å². The maximum Gasteiger partial charge on any atom is 0.0554 e. The largest absolute Gasteiger partial charge is 0.320 e. The molecular weight excluding hydrogens is 242 g/mol. The van der Waals surface area contributed by atoms with Crippen LogP contribution < -0.4 is 5.73 Å². The molecule has 1 unspecified atom stereocenters. The van der Waals surface area contributed by atoms with Crippen molar-refractivity contribution in [1.82, 2.24) is 0 Å². The molecule has 2 aromatic carbocycles. The van der Waals surface area contributed by atoms with E-state index in [0.717, 1.165) is 10.6 Å². The highest BCUT2D eigenvalue weighted by Crippen LogP contribution is 2.26. The van der Waals surface area contributed by atoms with Crippen LogP contribution in [0.25, 0.3) is 0 Å². The van der Waals surface area contributed by atoms with Crippen molar-refractivity contribution >= 4 is 11.6 Å². The van der Waals surface area contributed by atoms with Crippen LogP contribution in [0.15, 0.2) is 36.4 Å². The van der Waals surface area contributed by atoms with Gasteiger partial charge in [0, 0.05) is 5.02 Å². The Bertz CT molecular complexity index is 558. The van der Waals surface area contributed by atoms with E-state index in [9.17, 15) is 0 Å². The molecule has 2 aromatic rings. The van der Waals surface area contributed by atoms with Crippen LogP contribution in [-0.4, -0.2) is 0 Å². The molecule has 0 heterocycles. The van der Waals surface area contributed by atoms with Crippen molar-refractivity contribution in [3.05, 3.63) is 69.2 Å². The Hall–Kier alpha value is -1.31. The van der Waals surface area contributed by atoms with Gasteiger partial charge in [0.25, 0.3) is 0 Å². The zero-order valence-electron chi connectivity index (χ0n) is 11.0. The number of aryl methyl sites for hydroxylation is 3. The average Bonchev–Trinajstić information content (AvgIpc) is 2.34. The molecule has 0 aliphatic rings. The zero-order valence-corrected chi connectivity index (χ0v) is 11.8. The quantitative estimate of drug-likeness (QED) is 0.854. The van der Waals surface area contributed by atoms with Crippen molar-refractivity contribution in [2.45, 2.75) is 26.8 Å². The molecule has 1 nitrogen and oxygen atoms in total. The molecule has 2 heteroatoms. The molecule has 0 spiro atoms. The van der Waals surface area contributed by atoms with E-state index >= 15 is 0 Å². The average molecular weight is 260 g/mol. The zero-order chi connectivity index (χ0) is 13.3. The Labute approximate surface area is 114 Å². The van der Waals surface area contributed by atoms with E-state index in [4.69, 9.17) is 17.3 Å². The monoisotopic (exact) mass is 259 g/mol. The molecule has 1 atom stereocenters. The van der Waals surface area contributed by atoms with Crippen molar-refractivity contribution in [3.8, 4) is 0 Å². The van der Waals surface area contributed by atoms with Crippen molar-refractivity contribution < 1.29 is 0 Å². The number of benzene rings is 2. The molecule has 0 aliphatic heterocycles. The highest BCUT2D eigenvalue weighted by Gasteiger charge is 2.12. The second kappa shape index (κ2) is 5.13. The molecule has 18 heavy (non-hydrogen) atoms. The minimum Gasteiger partial charge on any atom is -0.320 e. The lowest BCUT2D eigenvalue weighted by Crippen LogP contribution is -2.13. The maximum atomic E-state index is 6.34. The summed E-state index contributed by atoms with van der Waals surface area (Å²) in [7, 11) is 0. The Kier molecular flexibility index (Phi) is 3.74. The van der Waals surface area contributed by atoms with Gasteiger partial charge in [-0.25, -0.2) is 0 Å². The molecule has 0 fully saturated rings. The summed E-state index contributed by atoms with van der Waals surface area (Å²) < 4.78 is 0. The Balaban J connectivity index is 2.42. The van der Waals surface area contributed by atoms with Gasteiger partial charge in [0.2, 0.25) is 0 Å². The van der Waals surface area contributed by atoms with Crippen LogP contribution in [0.1, 0.15) is 33.9 Å². The molecule has 0 bridgehead atoms. The summed E-state index contributed by atoms with van der Waals surface area (Å²) in [6.07, 6.45) is 0. The highest BCUT2D eigenvalue weighted by molar-refractivity contribution is 6.30. The smallest absolute Gasteiger partial charge is 0.0554 e. The van der Waals surface area contributed by atoms with Gasteiger partial charge >= 0.3 is 0 Å². The van der Waals surface area contributed by atoms with Crippen molar-refractivity contribution in [2.75, 3.05) is 0 Å². The summed E-state index contributed by atoms with van der Waals surface area (Å²) >= 11 is 5.90. The van der Waals surface area contributed by atoms with Gasteiger partial charge in [-0.3, -0.25) is 0 Å². The molecule has 0 radical (unpaired) electrons. The normalized spacial score (nSPS) is 12.5. The first-order valence-electron chi connectivity index (χ1n) is 6.08. The second-order valence-electron chi connectivity index (χ2n) is 4.82. The van der Waals surface area contributed by atoms with Gasteiger partial charge in [-0.15, -0.1) is 0 Å². The maximum absolute atomic E-state index is 6.34. The number of hydrogen-bond donors (Lipinski definition) is 1. The SMILES string of the molecule is Cc1cc(C)c(C(N)c2ccc(Cl)cc2)cc1C. The molecule has 0 amide bonds. The fourth-order valence-corrected chi connectivity index (χ4v) is 2.29. The second-order valence-corrected chi connectivity index (χ2v) is 5.26. The van der Waals surface area contributed by atoms with Crippen LogP contribution in [-0.2, 0) is 0 Å². The lowest BCUT2D eigenvalue weighted by Gasteiger charge is -2.17. The molecule has 94 valence electrons. The topological polar surface area (TPSA) is 26.0 Å². The van der Waals surface area contributed by atoms with E-state index in [1.54, 1.807) is 0 Å². The number of rotatable bonds is 2. The summed E-state index contributed by atoms with van der Waals surface area (Å²) in [4.78, 5) is 0. The third-order valence-electron chi connectivity index (χ3n) is 3.45. The molecule has 0 saturated heterocycles. The predicted octanol–water partition coefficient (Wildman–Crippen LogP) is 4.31. The van der Waals surface area contributed by atoms with Crippen LogP contribution in [0.5, 0.6) is 0 Å². The first kappa shape index (κ1) is 13.1. The Morgan fingerprint density at radius 1 is 0.889 bits per heavy atom. The van der Waals surface area contributed by atoms with Crippen LogP contribution in [0.4, 0.5) is 0 Å². The van der Waals surface area contributed by atoms with Crippen LogP contribution in [0.2, 0.25) is 5.02 Å². The van der Waals surface area contributed by atoms with Crippen molar-refractivity contribution in [2.24, 2.45) is 5.73 Å². The van der Waals surface area contributed by atoms with Gasteiger partial charge < -0.3 is 5.73 Å². The molecule has 0 saturated carbocycles. The molecule has 2 N–H and O–H groups in total. The fraction of sp³-hybridized carbons (Fsp3) is 0.250. The van der Waals surface area contributed by atoms with Gasteiger partial charge in [0.05, 0.1) is 6.04 Å². The van der Waals surface area contributed by atoms with E-state index in [0.29, 0.717) is 0 Å². The fourth-order valence-electron chi connectivity index (χ4n) is 2.17. The minimum atomic E-state index is -0.0958. The summed E-state index contributed by atoms with van der Waals surface area (Å²) in [5.41, 5.74) is 12.4. The summed E-state index contributed by atoms with van der Waals surface area (Å²) in [5.74, 6) is 0. The van der Waals surface area contributed by atoms with Gasteiger partial charge in [0.15, 0.2) is 0 Å². The predicted molar refractivity (Wildman–Crippen MR) is 78.1 cm³/mol. The van der Waals surface area contributed by atoms with Crippen molar-refractivity contribution in [3.63, 3.8) is 0 Å². The number of halogens is 1. The van der Waals surface area contributed by atoms with Gasteiger partial charge in [0.1, 0.15) is 0 Å². The summed E-state index contributed by atoms with van der Waals surface area (Å²) in [6.45, 7) is 6.35. The third kappa shape index (κ3) is 2.58. The Morgan fingerprint density at radius 2 is 1.44 bits per heavy atom. The van der Waals surface area contributed by atoms with Gasteiger partial charge in [-0.2, -0.15) is 0 Å². The van der Waals surface area contributed by atoms with Crippen LogP contribution in [0.3, 0.4) is 0 Å². The lowest BCUT2D eigenvalue weighted by atomic mass is 9.92. The molecular formula is C16H18ClN. The summed E-state index contributed by atoms with van der Waals surface area (Å²) in [6, 6.07) is 12.0. The van der Waals surface area contributed by atoms with Crippen molar-refractivity contribution in [1.29, 1.82) is 0 Å². The van der Waals surface area contributed by atoms with Gasteiger partial charge in [-0.05, 0) is 60.7 Å². The lowest BCUT2D eigenvalue weighted by molar-refractivity contribution is 0.858. The standard InChI is InChI=1S/C16H18ClN/c1-10-8-12(3)15(9-11(10)2)16(18)13-4-6-14(17)7-5-13/h4-9,16H,18H2,1-3H3. The van der Waals surface area contributed by atoms with E-state index in [1.165, 1.54) is 22.3 Å². The van der Waals surface area contributed by atoms with Crippen LogP contribution in [0, 0.1) is 20.8 Å². The molecule has 0 aliphatic carbocycles. The first-order chi connectivity index (χ1) is 8.49. The minimum absolute atomic E-state index is 0.0958. The summed E-state index contributed by atoms with van der Waals surface area (Å²) in [5, 5.41) is 0.739. The Morgan fingerprint density at radius 3 is 2.06 bits per heavy atom. The van der Waals surface area contributed by atoms with E-state index < -0.39 is 0 Å². The number of hydrogen-bond acceptors (Lipinski definition) is 1. The van der Waals surface area contributed by atoms with E-state index in [2.05, 4.69) is 32.9 Å².